The second kappa shape index (κ2) is 4.18. The third kappa shape index (κ3) is 1.95. The number of nitrogens with one attached hydrogen (secondary N) is 1. The van der Waals surface area contributed by atoms with Gasteiger partial charge in [-0.3, -0.25) is 9.89 Å². The molecule has 0 radical (unpaired) electrons. The predicted octanol–water partition coefficient (Wildman–Crippen LogP) is 1.63. The molecule has 1 aromatic heterocycles. The third-order valence-electron chi connectivity index (χ3n) is 1.96. The van der Waals surface area contributed by atoms with E-state index in [1.54, 1.807) is 0 Å². The Morgan fingerprint density at radius 3 is 2.92 bits per heavy atom. The van der Waals surface area contributed by atoms with Gasteiger partial charge in [0, 0.05) is 17.9 Å². The van der Waals surface area contributed by atoms with Crippen LogP contribution in [0.1, 0.15) is 41.7 Å². The number of aromatic amines is 1. The summed E-state index contributed by atoms with van der Waals surface area (Å²) in [6, 6.07) is 0. The fraction of sp³-hybridized carbons (Fsp3) is 0.556. The summed E-state index contributed by atoms with van der Waals surface area (Å²) in [4.78, 5) is 10.6. The lowest BCUT2D eigenvalue weighted by Crippen LogP contribution is -2.03. The van der Waals surface area contributed by atoms with Crippen LogP contribution in [0, 0.1) is 6.92 Å². The van der Waals surface area contributed by atoms with Gasteiger partial charge < -0.3 is 4.74 Å². The summed E-state index contributed by atoms with van der Waals surface area (Å²) in [5.41, 5.74) is 2.19. The van der Waals surface area contributed by atoms with Gasteiger partial charge in [0.25, 0.3) is 0 Å². The van der Waals surface area contributed by atoms with Crippen LogP contribution in [0.2, 0.25) is 0 Å². The Bertz CT molecular complexity index is 294. The van der Waals surface area contributed by atoms with Gasteiger partial charge in [0.2, 0.25) is 0 Å². The van der Waals surface area contributed by atoms with Gasteiger partial charge in [-0.15, -0.1) is 0 Å². The molecule has 0 aliphatic rings. The molecule has 0 aromatic carbocycles. The molecule has 4 heteroatoms. The van der Waals surface area contributed by atoms with Crippen LogP contribution in [0.4, 0.5) is 0 Å². The number of aryl methyl sites for hydroxylation is 1. The molecule has 72 valence electrons. The van der Waals surface area contributed by atoms with Crippen molar-refractivity contribution in [3.05, 3.63) is 17.0 Å². The van der Waals surface area contributed by atoms with Gasteiger partial charge in [-0.05, 0) is 20.8 Å². The van der Waals surface area contributed by atoms with E-state index >= 15 is 0 Å². The Morgan fingerprint density at radius 1 is 1.69 bits per heavy atom. The summed E-state index contributed by atoms with van der Waals surface area (Å²) >= 11 is 0. The molecule has 1 rings (SSSR count). The summed E-state index contributed by atoms with van der Waals surface area (Å²) in [7, 11) is 0. The van der Waals surface area contributed by atoms with Crippen LogP contribution in [-0.2, 0) is 4.74 Å². The van der Waals surface area contributed by atoms with Crippen molar-refractivity contribution >= 4 is 6.29 Å². The van der Waals surface area contributed by atoms with E-state index in [-0.39, 0.29) is 6.10 Å². The summed E-state index contributed by atoms with van der Waals surface area (Å²) in [5, 5.41) is 6.63. The summed E-state index contributed by atoms with van der Waals surface area (Å²) in [6.45, 7) is 6.34. The smallest absolute Gasteiger partial charge is 0.170 e. The normalized spacial score (nSPS) is 12.8. The van der Waals surface area contributed by atoms with Crippen molar-refractivity contribution in [2.24, 2.45) is 0 Å². The van der Waals surface area contributed by atoms with E-state index in [9.17, 15) is 4.79 Å². The van der Waals surface area contributed by atoms with Crippen molar-refractivity contribution in [2.45, 2.75) is 26.9 Å². The lowest BCUT2D eigenvalue weighted by Gasteiger charge is -2.10. The number of carbonyl (C=O) groups excluding carboxylic acids is 1. The number of hydrogen-bond donors (Lipinski definition) is 1. The van der Waals surface area contributed by atoms with Crippen LogP contribution in [0.3, 0.4) is 0 Å². The highest BCUT2D eigenvalue weighted by Gasteiger charge is 2.16. The van der Waals surface area contributed by atoms with Gasteiger partial charge in [0.05, 0.1) is 6.10 Å². The number of nitrogens with zero attached hydrogens (tertiary/aromatic N) is 1. The SMILES string of the molecule is CCOC(C)c1c(C=O)n[nH]c1C. The number of carbonyl (C=O) groups is 1. The van der Waals surface area contributed by atoms with Gasteiger partial charge in [0.15, 0.2) is 6.29 Å². The molecule has 4 nitrogen and oxygen atoms in total. The van der Waals surface area contributed by atoms with E-state index < -0.39 is 0 Å². The maximum Gasteiger partial charge on any atom is 0.170 e. The van der Waals surface area contributed by atoms with Crippen LogP contribution >= 0.6 is 0 Å². The number of ether oxygens (including phenoxy) is 1. The standard InChI is InChI=1S/C9H14N2O2/c1-4-13-7(3)9-6(2)10-11-8(9)5-12/h5,7H,4H2,1-3H3,(H,10,11). The monoisotopic (exact) mass is 182 g/mol. The number of aldehydes is 1. The van der Waals surface area contributed by atoms with Gasteiger partial charge >= 0.3 is 0 Å². The highest BCUT2D eigenvalue weighted by molar-refractivity contribution is 5.74. The van der Waals surface area contributed by atoms with Crippen molar-refractivity contribution in [1.29, 1.82) is 0 Å². The molecule has 1 atom stereocenters. The number of aromatic nitrogens is 2. The fourth-order valence-corrected chi connectivity index (χ4v) is 1.39. The lowest BCUT2D eigenvalue weighted by atomic mass is 10.1. The Labute approximate surface area is 77.3 Å². The van der Waals surface area contributed by atoms with E-state index in [2.05, 4.69) is 10.2 Å². The van der Waals surface area contributed by atoms with E-state index in [1.165, 1.54) is 0 Å². The Balaban J connectivity index is 2.95. The summed E-state index contributed by atoms with van der Waals surface area (Å²) in [5.74, 6) is 0. The zero-order valence-corrected chi connectivity index (χ0v) is 8.13. The number of rotatable bonds is 4. The first-order chi connectivity index (χ1) is 6.20. The Hall–Kier alpha value is -1.16. The van der Waals surface area contributed by atoms with Gasteiger partial charge in [-0.1, -0.05) is 0 Å². The molecule has 0 aliphatic carbocycles. The predicted molar refractivity (Wildman–Crippen MR) is 48.8 cm³/mol. The molecule has 0 amide bonds. The van der Waals surface area contributed by atoms with E-state index in [0.29, 0.717) is 12.3 Å². The first kappa shape index (κ1) is 9.92. The van der Waals surface area contributed by atoms with Crippen LogP contribution in [0.5, 0.6) is 0 Å². The maximum absolute atomic E-state index is 10.6. The number of H-pyrrole nitrogens is 1. The second-order valence-corrected chi connectivity index (χ2v) is 2.86. The van der Waals surface area contributed by atoms with Crippen molar-refractivity contribution in [2.75, 3.05) is 6.61 Å². The summed E-state index contributed by atoms with van der Waals surface area (Å²) in [6.07, 6.45) is 0.665. The van der Waals surface area contributed by atoms with Gasteiger partial charge in [0.1, 0.15) is 5.69 Å². The molecule has 0 aliphatic heterocycles. The third-order valence-corrected chi connectivity index (χ3v) is 1.96. The molecular formula is C9H14N2O2. The number of hydrogen-bond acceptors (Lipinski definition) is 3. The summed E-state index contributed by atoms with van der Waals surface area (Å²) < 4.78 is 5.39. The molecule has 1 unspecified atom stereocenters. The highest BCUT2D eigenvalue weighted by atomic mass is 16.5. The Morgan fingerprint density at radius 2 is 2.38 bits per heavy atom. The zero-order valence-electron chi connectivity index (χ0n) is 8.13. The van der Waals surface area contributed by atoms with Gasteiger partial charge in [-0.25, -0.2) is 0 Å². The molecule has 13 heavy (non-hydrogen) atoms. The minimum Gasteiger partial charge on any atom is -0.374 e. The minimum absolute atomic E-state index is 0.0797. The molecule has 0 bridgehead atoms. The molecule has 0 spiro atoms. The lowest BCUT2D eigenvalue weighted by molar-refractivity contribution is 0.0749. The van der Waals surface area contributed by atoms with Crippen LogP contribution < -0.4 is 0 Å². The zero-order chi connectivity index (χ0) is 9.84. The van der Waals surface area contributed by atoms with Crippen molar-refractivity contribution < 1.29 is 9.53 Å². The molecule has 0 saturated heterocycles. The molecule has 1 aromatic rings. The van der Waals surface area contributed by atoms with Crippen LogP contribution in [0.25, 0.3) is 0 Å². The molecular weight excluding hydrogens is 168 g/mol. The highest BCUT2D eigenvalue weighted by Crippen LogP contribution is 2.21. The first-order valence-electron chi connectivity index (χ1n) is 4.32. The molecule has 0 fully saturated rings. The van der Waals surface area contributed by atoms with Crippen LogP contribution in [0.15, 0.2) is 0 Å². The van der Waals surface area contributed by atoms with Gasteiger partial charge in [-0.2, -0.15) is 5.10 Å². The van der Waals surface area contributed by atoms with E-state index in [1.807, 2.05) is 20.8 Å². The van der Waals surface area contributed by atoms with Crippen molar-refractivity contribution in [3.63, 3.8) is 0 Å². The van der Waals surface area contributed by atoms with E-state index in [4.69, 9.17) is 4.74 Å². The topological polar surface area (TPSA) is 55.0 Å². The van der Waals surface area contributed by atoms with E-state index in [0.717, 1.165) is 17.5 Å². The fourth-order valence-electron chi connectivity index (χ4n) is 1.39. The molecule has 1 N–H and O–H groups in total. The Kier molecular flexibility index (Phi) is 3.19. The molecule has 1 heterocycles. The van der Waals surface area contributed by atoms with Crippen molar-refractivity contribution in [3.8, 4) is 0 Å². The second-order valence-electron chi connectivity index (χ2n) is 2.86. The average molecular weight is 182 g/mol. The van der Waals surface area contributed by atoms with Crippen LogP contribution in [-0.4, -0.2) is 23.1 Å². The minimum atomic E-state index is -0.0797. The largest absolute Gasteiger partial charge is 0.374 e. The van der Waals surface area contributed by atoms with Crippen molar-refractivity contribution in [1.82, 2.24) is 10.2 Å². The average Bonchev–Trinajstić information content (AvgIpc) is 2.47. The quantitative estimate of drug-likeness (QED) is 0.720. The molecule has 0 saturated carbocycles. The first-order valence-corrected chi connectivity index (χ1v) is 4.32. The maximum atomic E-state index is 10.6.